The average Bonchev–Trinajstić information content (AvgIpc) is 2.95. The molecule has 140 valence electrons. The van der Waals surface area contributed by atoms with Crippen LogP contribution in [0.15, 0.2) is 36.7 Å². The lowest BCUT2D eigenvalue weighted by Crippen LogP contribution is -2.50. The quantitative estimate of drug-likeness (QED) is 0.772. The van der Waals surface area contributed by atoms with Crippen molar-refractivity contribution in [2.45, 2.75) is 33.0 Å². The predicted octanol–water partition coefficient (Wildman–Crippen LogP) is 2.91. The highest BCUT2D eigenvalue weighted by atomic mass is 32.1. The van der Waals surface area contributed by atoms with Crippen LogP contribution in [0.5, 0.6) is 0 Å². The van der Waals surface area contributed by atoms with Gasteiger partial charge in [-0.25, -0.2) is 9.48 Å². The summed E-state index contributed by atoms with van der Waals surface area (Å²) in [7, 11) is 0. The van der Waals surface area contributed by atoms with Crippen molar-refractivity contribution >= 4 is 18.3 Å². The summed E-state index contributed by atoms with van der Waals surface area (Å²) in [6, 6.07) is 9.93. The van der Waals surface area contributed by atoms with Gasteiger partial charge in [0, 0.05) is 31.9 Å². The first-order chi connectivity index (χ1) is 12.3. The van der Waals surface area contributed by atoms with E-state index in [-0.39, 0.29) is 6.09 Å². The van der Waals surface area contributed by atoms with E-state index in [0.717, 1.165) is 18.8 Å². The fraction of sp³-hybridized carbons (Fsp3) is 0.500. The molecular formula is C18H25N5O2S. The topological polar surface area (TPSA) is 55.5 Å². The van der Waals surface area contributed by atoms with Gasteiger partial charge in [0.05, 0.1) is 6.67 Å². The van der Waals surface area contributed by atoms with Crippen molar-refractivity contribution in [3.63, 3.8) is 0 Å². The first-order valence-electron chi connectivity index (χ1n) is 8.74. The molecule has 1 amide bonds. The zero-order valence-corrected chi connectivity index (χ0v) is 16.3. The summed E-state index contributed by atoms with van der Waals surface area (Å²) in [5, 5.41) is 4.42. The second kappa shape index (κ2) is 7.59. The Balaban J connectivity index is 1.58. The minimum Gasteiger partial charge on any atom is -0.444 e. The Morgan fingerprint density at radius 1 is 1.15 bits per heavy atom. The summed E-state index contributed by atoms with van der Waals surface area (Å²) >= 11 is 5.55. The monoisotopic (exact) mass is 375 g/mol. The maximum absolute atomic E-state index is 12.1. The lowest BCUT2D eigenvalue weighted by Gasteiger charge is -2.35. The number of carbonyl (C=O) groups is 1. The van der Waals surface area contributed by atoms with Crippen LogP contribution in [-0.4, -0.2) is 62.0 Å². The molecule has 1 saturated heterocycles. The average molecular weight is 375 g/mol. The van der Waals surface area contributed by atoms with Crippen LogP contribution in [0, 0.1) is 4.77 Å². The van der Waals surface area contributed by atoms with E-state index in [1.54, 1.807) is 11.2 Å². The molecule has 0 atom stereocenters. The van der Waals surface area contributed by atoms with Crippen LogP contribution in [0.1, 0.15) is 20.8 Å². The van der Waals surface area contributed by atoms with Gasteiger partial charge in [-0.1, -0.05) is 18.2 Å². The molecule has 1 fully saturated rings. The van der Waals surface area contributed by atoms with E-state index in [0.29, 0.717) is 24.5 Å². The van der Waals surface area contributed by atoms with Crippen LogP contribution in [0.25, 0.3) is 5.69 Å². The molecule has 1 aromatic carbocycles. The molecule has 0 N–H and O–H groups in total. The van der Waals surface area contributed by atoms with E-state index in [2.05, 4.69) is 10.00 Å². The number of hydrogen-bond acceptors (Lipinski definition) is 5. The number of carbonyl (C=O) groups excluding carboxylic acids is 1. The van der Waals surface area contributed by atoms with Crippen molar-refractivity contribution in [3.8, 4) is 5.69 Å². The van der Waals surface area contributed by atoms with Gasteiger partial charge in [0.2, 0.25) is 4.77 Å². The Labute approximate surface area is 158 Å². The Morgan fingerprint density at radius 2 is 1.81 bits per heavy atom. The predicted molar refractivity (Wildman–Crippen MR) is 102 cm³/mol. The van der Waals surface area contributed by atoms with Crippen molar-refractivity contribution in [1.29, 1.82) is 0 Å². The fourth-order valence-electron chi connectivity index (χ4n) is 2.79. The second-order valence-electron chi connectivity index (χ2n) is 7.35. The van der Waals surface area contributed by atoms with Crippen LogP contribution >= 0.6 is 12.2 Å². The van der Waals surface area contributed by atoms with Gasteiger partial charge in [-0.3, -0.25) is 9.47 Å². The van der Waals surface area contributed by atoms with E-state index in [1.807, 2.05) is 60.4 Å². The van der Waals surface area contributed by atoms with Gasteiger partial charge >= 0.3 is 6.09 Å². The number of ether oxygens (including phenoxy) is 1. The minimum absolute atomic E-state index is 0.248. The third kappa shape index (κ3) is 4.50. The normalized spacial score (nSPS) is 15.9. The first-order valence-corrected chi connectivity index (χ1v) is 9.14. The Hall–Kier alpha value is -2.19. The van der Waals surface area contributed by atoms with Crippen molar-refractivity contribution in [1.82, 2.24) is 24.1 Å². The molecule has 0 spiro atoms. The van der Waals surface area contributed by atoms with Gasteiger partial charge < -0.3 is 9.64 Å². The summed E-state index contributed by atoms with van der Waals surface area (Å²) in [5.41, 5.74) is 0.532. The largest absolute Gasteiger partial charge is 0.444 e. The highest BCUT2D eigenvalue weighted by molar-refractivity contribution is 7.71. The van der Waals surface area contributed by atoms with E-state index in [9.17, 15) is 4.79 Å². The number of rotatable bonds is 3. The smallest absolute Gasteiger partial charge is 0.410 e. The summed E-state index contributed by atoms with van der Waals surface area (Å²) in [6.45, 7) is 9.06. The summed E-state index contributed by atoms with van der Waals surface area (Å²) in [4.78, 5) is 16.1. The van der Waals surface area contributed by atoms with Gasteiger partial charge in [-0.05, 0) is 45.1 Å². The van der Waals surface area contributed by atoms with Crippen LogP contribution < -0.4 is 0 Å². The van der Waals surface area contributed by atoms with E-state index in [1.165, 1.54) is 0 Å². The molecule has 2 aromatic rings. The fourth-order valence-corrected chi connectivity index (χ4v) is 3.05. The van der Waals surface area contributed by atoms with Crippen LogP contribution in [0.2, 0.25) is 0 Å². The van der Waals surface area contributed by atoms with Crippen molar-refractivity contribution in [2.24, 2.45) is 0 Å². The van der Waals surface area contributed by atoms with Gasteiger partial charge in [-0.15, -0.1) is 0 Å². The van der Waals surface area contributed by atoms with Crippen molar-refractivity contribution < 1.29 is 9.53 Å². The number of aromatic nitrogens is 3. The van der Waals surface area contributed by atoms with E-state index < -0.39 is 5.60 Å². The lowest BCUT2D eigenvalue weighted by atomic mass is 10.2. The standard InChI is InChI=1S/C18H25N5O2S/c1-18(2,3)25-17(24)21-11-9-20(10-12-21)14-23-16(26)22(13-19-23)15-7-5-4-6-8-15/h4-8,13H,9-12,14H2,1-3H3. The van der Waals surface area contributed by atoms with Gasteiger partial charge in [-0.2, -0.15) is 5.10 Å². The first kappa shape index (κ1) is 18.6. The molecule has 0 unspecified atom stereocenters. The molecule has 0 radical (unpaired) electrons. The molecule has 8 heteroatoms. The number of piperazine rings is 1. The molecule has 1 aromatic heterocycles. The van der Waals surface area contributed by atoms with Crippen molar-refractivity contribution in [2.75, 3.05) is 26.2 Å². The molecule has 1 aliphatic heterocycles. The number of benzene rings is 1. The molecule has 0 bridgehead atoms. The van der Waals surface area contributed by atoms with Crippen molar-refractivity contribution in [3.05, 3.63) is 41.4 Å². The van der Waals surface area contributed by atoms with Crippen LogP contribution in [0.3, 0.4) is 0 Å². The zero-order valence-electron chi connectivity index (χ0n) is 15.5. The van der Waals surface area contributed by atoms with Gasteiger partial charge in [0.25, 0.3) is 0 Å². The maximum atomic E-state index is 12.1. The molecule has 1 aliphatic rings. The molecular weight excluding hydrogens is 350 g/mol. The molecule has 2 heterocycles. The van der Waals surface area contributed by atoms with Gasteiger partial charge in [0.15, 0.2) is 0 Å². The Kier molecular flexibility index (Phi) is 5.43. The lowest BCUT2D eigenvalue weighted by molar-refractivity contribution is 0.0113. The summed E-state index contributed by atoms with van der Waals surface area (Å²) in [6.07, 6.45) is 1.50. The van der Waals surface area contributed by atoms with E-state index >= 15 is 0 Å². The SMILES string of the molecule is CC(C)(C)OC(=O)N1CCN(Cn2ncn(-c3ccccc3)c2=S)CC1. The maximum Gasteiger partial charge on any atom is 0.410 e. The number of para-hydroxylation sites is 1. The number of nitrogens with zero attached hydrogens (tertiary/aromatic N) is 5. The minimum atomic E-state index is -0.467. The molecule has 0 saturated carbocycles. The third-order valence-electron chi connectivity index (χ3n) is 4.13. The van der Waals surface area contributed by atoms with E-state index in [4.69, 9.17) is 17.0 Å². The Bertz CT molecular complexity index is 801. The highest BCUT2D eigenvalue weighted by Crippen LogP contribution is 2.13. The summed E-state index contributed by atoms with van der Waals surface area (Å²) in [5.74, 6) is 0. The van der Waals surface area contributed by atoms with Crippen LogP contribution in [0.4, 0.5) is 4.79 Å². The summed E-state index contributed by atoms with van der Waals surface area (Å²) < 4.78 is 9.80. The molecule has 26 heavy (non-hydrogen) atoms. The number of amides is 1. The highest BCUT2D eigenvalue weighted by Gasteiger charge is 2.26. The molecule has 3 rings (SSSR count). The van der Waals surface area contributed by atoms with Crippen LogP contribution in [-0.2, 0) is 11.4 Å². The Morgan fingerprint density at radius 3 is 2.42 bits per heavy atom. The molecule has 7 nitrogen and oxygen atoms in total. The molecule has 0 aliphatic carbocycles. The zero-order chi connectivity index (χ0) is 18.7. The van der Waals surface area contributed by atoms with Gasteiger partial charge in [0.1, 0.15) is 11.9 Å². The third-order valence-corrected chi connectivity index (χ3v) is 4.53. The second-order valence-corrected chi connectivity index (χ2v) is 7.71. The number of hydrogen-bond donors (Lipinski definition) is 0.